The number of alkyl halides is 2. The van der Waals surface area contributed by atoms with Crippen LogP contribution in [0.5, 0.6) is 0 Å². The van der Waals surface area contributed by atoms with Crippen molar-refractivity contribution >= 4 is 23.2 Å². The van der Waals surface area contributed by atoms with Crippen LogP contribution >= 0.6 is 23.2 Å². The third kappa shape index (κ3) is 3.16. The van der Waals surface area contributed by atoms with Crippen LogP contribution in [-0.2, 0) is 0 Å². The van der Waals surface area contributed by atoms with Gasteiger partial charge >= 0.3 is 0 Å². The highest BCUT2D eigenvalue weighted by Crippen LogP contribution is 2.58. The molecule has 0 aromatic carbocycles. The van der Waals surface area contributed by atoms with Gasteiger partial charge in [0.25, 0.3) is 0 Å². The molecular formula is C15H28Cl2N2. The van der Waals surface area contributed by atoms with E-state index < -0.39 is 4.33 Å². The minimum absolute atomic E-state index is 0.394. The van der Waals surface area contributed by atoms with Gasteiger partial charge in [0.1, 0.15) is 0 Å². The summed E-state index contributed by atoms with van der Waals surface area (Å²) in [6.45, 7) is 17.5. The maximum atomic E-state index is 6.55. The zero-order valence-electron chi connectivity index (χ0n) is 13.5. The molecular weight excluding hydrogens is 279 g/mol. The molecule has 0 unspecified atom stereocenters. The molecule has 2 nitrogen and oxygen atoms in total. The summed E-state index contributed by atoms with van der Waals surface area (Å²) in [5.74, 6) is 0. The van der Waals surface area contributed by atoms with E-state index in [-0.39, 0.29) is 0 Å². The highest BCUT2D eigenvalue weighted by atomic mass is 35.5. The second-order valence-electron chi connectivity index (χ2n) is 6.46. The van der Waals surface area contributed by atoms with Crippen molar-refractivity contribution in [3.8, 4) is 0 Å². The second kappa shape index (κ2) is 5.73. The highest BCUT2D eigenvalue weighted by Gasteiger charge is 2.58. The quantitative estimate of drug-likeness (QED) is 0.661. The molecule has 1 aliphatic carbocycles. The average Bonchev–Trinajstić information content (AvgIpc) is 2.68. The van der Waals surface area contributed by atoms with Crippen LogP contribution in [0.3, 0.4) is 0 Å². The molecule has 4 heteroatoms. The van der Waals surface area contributed by atoms with Crippen LogP contribution in [0, 0.1) is 0 Å². The Balaban J connectivity index is 3.16. The maximum absolute atomic E-state index is 6.55. The molecule has 0 aromatic rings. The van der Waals surface area contributed by atoms with Gasteiger partial charge in [-0.3, -0.25) is 0 Å². The van der Waals surface area contributed by atoms with E-state index in [1.807, 2.05) is 0 Å². The van der Waals surface area contributed by atoms with Crippen molar-refractivity contribution in [3.63, 3.8) is 0 Å². The second-order valence-corrected chi connectivity index (χ2v) is 7.79. The Morgan fingerprint density at radius 1 is 0.632 bits per heavy atom. The van der Waals surface area contributed by atoms with Gasteiger partial charge in [0.2, 0.25) is 4.33 Å². The number of allylic oxidation sites excluding steroid dienone is 2. The molecule has 0 fully saturated rings. The molecule has 0 radical (unpaired) electrons. The van der Waals surface area contributed by atoms with Crippen molar-refractivity contribution in [1.82, 2.24) is 9.80 Å². The third-order valence-electron chi connectivity index (χ3n) is 3.50. The van der Waals surface area contributed by atoms with Crippen molar-refractivity contribution in [3.05, 3.63) is 11.4 Å². The zero-order chi connectivity index (χ0) is 15.1. The van der Waals surface area contributed by atoms with Crippen molar-refractivity contribution in [2.75, 3.05) is 0 Å². The Morgan fingerprint density at radius 2 is 0.842 bits per heavy atom. The van der Waals surface area contributed by atoms with E-state index in [9.17, 15) is 0 Å². The number of halogens is 2. The largest absolute Gasteiger partial charge is 0.366 e. The van der Waals surface area contributed by atoms with E-state index in [1.165, 1.54) is 0 Å². The van der Waals surface area contributed by atoms with E-state index in [0.717, 1.165) is 11.4 Å². The Morgan fingerprint density at radius 3 is 1.00 bits per heavy atom. The van der Waals surface area contributed by atoms with Gasteiger partial charge in [0.05, 0.1) is 11.4 Å². The molecule has 0 N–H and O–H groups in total. The molecule has 0 saturated carbocycles. The van der Waals surface area contributed by atoms with Crippen molar-refractivity contribution in [1.29, 1.82) is 0 Å². The summed E-state index contributed by atoms with van der Waals surface area (Å²) < 4.78 is -0.816. The van der Waals surface area contributed by atoms with Gasteiger partial charge in [0, 0.05) is 24.2 Å². The van der Waals surface area contributed by atoms with Gasteiger partial charge < -0.3 is 9.80 Å². The summed E-state index contributed by atoms with van der Waals surface area (Å²) in [4.78, 5) is 4.65. The predicted molar refractivity (Wildman–Crippen MR) is 85.7 cm³/mol. The van der Waals surface area contributed by atoms with Crippen LogP contribution in [0.4, 0.5) is 0 Å². The molecule has 0 aliphatic heterocycles. The van der Waals surface area contributed by atoms with E-state index in [2.05, 4.69) is 65.2 Å². The van der Waals surface area contributed by atoms with Crippen LogP contribution in [0.2, 0.25) is 0 Å². The summed E-state index contributed by atoms with van der Waals surface area (Å²) in [5.41, 5.74) is 2.17. The van der Waals surface area contributed by atoms with E-state index in [4.69, 9.17) is 23.2 Å². The molecule has 1 aliphatic rings. The first-order valence-electron chi connectivity index (χ1n) is 7.23. The van der Waals surface area contributed by atoms with E-state index >= 15 is 0 Å². The molecule has 19 heavy (non-hydrogen) atoms. The van der Waals surface area contributed by atoms with Crippen LogP contribution in [-0.4, -0.2) is 38.3 Å². The normalized spacial score (nSPS) is 18.0. The zero-order valence-corrected chi connectivity index (χ0v) is 15.0. The summed E-state index contributed by atoms with van der Waals surface area (Å²) >= 11 is 13.1. The molecule has 0 saturated heterocycles. The Bertz CT molecular complexity index is 309. The smallest absolute Gasteiger partial charge is 0.200 e. The average molecular weight is 307 g/mol. The minimum Gasteiger partial charge on any atom is -0.366 e. The first kappa shape index (κ1) is 17.0. The topological polar surface area (TPSA) is 6.48 Å². The lowest BCUT2D eigenvalue weighted by Crippen LogP contribution is -2.35. The van der Waals surface area contributed by atoms with Crippen molar-refractivity contribution < 1.29 is 0 Å². The van der Waals surface area contributed by atoms with Gasteiger partial charge in [-0.05, 0) is 55.4 Å². The summed E-state index contributed by atoms with van der Waals surface area (Å²) in [6, 6.07) is 1.58. The lowest BCUT2D eigenvalue weighted by atomic mass is 10.2. The molecule has 0 heterocycles. The monoisotopic (exact) mass is 306 g/mol. The molecule has 0 atom stereocenters. The number of rotatable bonds is 6. The number of nitrogens with zero attached hydrogens (tertiary/aromatic N) is 2. The van der Waals surface area contributed by atoms with Gasteiger partial charge in [-0.2, -0.15) is 0 Å². The maximum Gasteiger partial charge on any atom is 0.200 e. The van der Waals surface area contributed by atoms with Crippen LogP contribution in [0.1, 0.15) is 55.4 Å². The lowest BCUT2D eigenvalue weighted by molar-refractivity contribution is 0.225. The Kier molecular flexibility index (Phi) is 5.12. The SMILES string of the molecule is CC(C)N(C1=C(N(C(C)C)C(C)C)C1(Cl)Cl)C(C)C. The van der Waals surface area contributed by atoms with Gasteiger partial charge in [-0.1, -0.05) is 23.2 Å². The summed E-state index contributed by atoms with van der Waals surface area (Å²) in [5, 5.41) is 0. The molecule has 0 amide bonds. The fraction of sp³-hybridized carbons (Fsp3) is 0.867. The number of hydrogen-bond acceptors (Lipinski definition) is 2. The Hall–Kier alpha value is -0.0800. The summed E-state index contributed by atoms with van der Waals surface area (Å²) in [7, 11) is 0. The molecule has 0 bridgehead atoms. The fourth-order valence-electron chi connectivity index (χ4n) is 3.01. The lowest BCUT2D eigenvalue weighted by Gasteiger charge is -2.32. The van der Waals surface area contributed by atoms with Crippen LogP contribution < -0.4 is 0 Å². The van der Waals surface area contributed by atoms with Gasteiger partial charge in [-0.15, -0.1) is 0 Å². The van der Waals surface area contributed by atoms with E-state index in [1.54, 1.807) is 0 Å². The van der Waals surface area contributed by atoms with Crippen LogP contribution in [0.15, 0.2) is 11.4 Å². The molecule has 0 aromatic heterocycles. The first-order chi connectivity index (χ1) is 8.53. The molecule has 0 spiro atoms. The van der Waals surface area contributed by atoms with Crippen molar-refractivity contribution in [2.45, 2.75) is 83.9 Å². The van der Waals surface area contributed by atoms with Gasteiger partial charge in [0.15, 0.2) is 0 Å². The van der Waals surface area contributed by atoms with Crippen molar-refractivity contribution in [2.24, 2.45) is 0 Å². The third-order valence-corrected chi connectivity index (χ3v) is 4.21. The molecule has 112 valence electrons. The summed E-state index contributed by atoms with van der Waals surface area (Å²) in [6.07, 6.45) is 0. The molecule has 1 rings (SSSR count). The minimum atomic E-state index is -0.816. The van der Waals surface area contributed by atoms with Gasteiger partial charge in [-0.25, -0.2) is 0 Å². The fourth-order valence-corrected chi connectivity index (χ4v) is 3.66. The number of hydrogen-bond donors (Lipinski definition) is 0. The Labute approximate surface area is 128 Å². The van der Waals surface area contributed by atoms with E-state index in [0.29, 0.717) is 24.2 Å². The predicted octanol–water partition coefficient (Wildman–Crippen LogP) is 4.62. The van der Waals surface area contributed by atoms with Crippen LogP contribution in [0.25, 0.3) is 0 Å². The first-order valence-corrected chi connectivity index (χ1v) is 7.98. The standard InChI is InChI=1S/C15H28Cl2N2/c1-9(2)18(10(3)4)13-14(15(13,16)17)19(11(5)6)12(7)8/h9-12H,1-8H3. The highest BCUT2D eigenvalue weighted by molar-refractivity contribution is 6.55.